The van der Waals surface area contributed by atoms with E-state index in [-0.39, 0.29) is 22.8 Å². The monoisotopic (exact) mass is 364 g/mol. The summed E-state index contributed by atoms with van der Waals surface area (Å²) >= 11 is 5.78. The number of methoxy groups -OCH3 is 2. The molecule has 0 aromatic heterocycles. The van der Waals surface area contributed by atoms with Crippen molar-refractivity contribution in [1.29, 1.82) is 0 Å². The van der Waals surface area contributed by atoms with Gasteiger partial charge in [0, 0.05) is 24.7 Å². The van der Waals surface area contributed by atoms with E-state index in [1.54, 1.807) is 25.2 Å². The van der Waals surface area contributed by atoms with Crippen LogP contribution in [0.4, 0.5) is 5.69 Å². The molecule has 2 rings (SSSR count). The van der Waals surface area contributed by atoms with E-state index < -0.39 is 10.8 Å². The highest BCUT2D eigenvalue weighted by atomic mass is 35.5. The zero-order valence-electron chi connectivity index (χ0n) is 14.0. The standard InChI is InChI=1S/C17H17ClN2O5/c1-19(10-11-4-7-15(24-2)16(8-11)25-3)17(21)13-6-5-12(18)9-14(13)20(22)23/h4-9H,10H2,1-3H3. The molecular formula is C17H17ClN2O5. The summed E-state index contributed by atoms with van der Waals surface area (Å²) in [5.41, 5.74) is 0.458. The molecule has 0 radical (unpaired) electrons. The van der Waals surface area contributed by atoms with E-state index in [1.165, 1.54) is 37.3 Å². The van der Waals surface area contributed by atoms with Crippen LogP contribution in [0.2, 0.25) is 5.02 Å². The number of nitro benzene ring substituents is 1. The van der Waals surface area contributed by atoms with E-state index in [2.05, 4.69) is 0 Å². The smallest absolute Gasteiger partial charge is 0.283 e. The van der Waals surface area contributed by atoms with Crippen molar-refractivity contribution >= 4 is 23.2 Å². The summed E-state index contributed by atoms with van der Waals surface area (Å²) in [4.78, 5) is 24.5. The molecule has 0 aliphatic carbocycles. The van der Waals surface area contributed by atoms with Crippen LogP contribution in [0.15, 0.2) is 36.4 Å². The molecule has 1 amide bonds. The molecule has 0 fully saturated rings. The zero-order valence-corrected chi connectivity index (χ0v) is 14.7. The molecule has 7 nitrogen and oxygen atoms in total. The zero-order chi connectivity index (χ0) is 18.6. The maximum absolute atomic E-state index is 12.6. The van der Waals surface area contributed by atoms with Crippen molar-refractivity contribution in [3.8, 4) is 11.5 Å². The quantitative estimate of drug-likeness (QED) is 0.578. The number of ether oxygens (including phenoxy) is 2. The van der Waals surface area contributed by atoms with E-state index in [0.717, 1.165) is 5.56 Å². The van der Waals surface area contributed by atoms with Crippen LogP contribution in [-0.4, -0.2) is 37.0 Å². The topological polar surface area (TPSA) is 81.9 Å². The molecule has 0 spiro atoms. The van der Waals surface area contributed by atoms with Crippen LogP contribution in [-0.2, 0) is 6.54 Å². The van der Waals surface area contributed by atoms with Gasteiger partial charge in [0.1, 0.15) is 5.56 Å². The molecule has 0 unspecified atom stereocenters. The third-order valence-corrected chi connectivity index (χ3v) is 3.84. The number of nitrogens with zero attached hydrogens (tertiary/aromatic N) is 2. The molecule has 0 bridgehead atoms. The lowest BCUT2D eigenvalue weighted by molar-refractivity contribution is -0.385. The van der Waals surface area contributed by atoms with E-state index in [0.29, 0.717) is 11.5 Å². The first kappa shape index (κ1) is 18.5. The maximum atomic E-state index is 12.6. The SMILES string of the molecule is COc1ccc(CN(C)C(=O)c2ccc(Cl)cc2[N+](=O)[O-])cc1OC. The van der Waals surface area contributed by atoms with Crippen LogP contribution in [0.1, 0.15) is 15.9 Å². The Bertz CT molecular complexity index is 810. The Morgan fingerprint density at radius 3 is 2.44 bits per heavy atom. The fourth-order valence-corrected chi connectivity index (χ4v) is 2.53. The predicted molar refractivity (Wildman–Crippen MR) is 93.4 cm³/mol. The highest BCUT2D eigenvalue weighted by Crippen LogP contribution is 2.29. The van der Waals surface area contributed by atoms with Crippen molar-refractivity contribution in [3.63, 3.8) is 0 Å². The molecule has 2 aromatic carbocycles. The number of halogens is 1. The lowest BCUT2D eigenvalue weighted by Crippen LogP contribution is -2.26. The Hall–Kier alpha value is -2.80. The Morgan fingerprint density at radius 1 is 1.16 bits per heavy atom. The molecule has 0 N–H and O–H groups in total. The van der Waals surface area contributed by atoms with Crippen molar-refractivity contribution < 1.29 is 19.2 Å². The number of carbonyl (C=O) groups is 1. The first-order valence-corrected chi connectivity index (χ1v) is 7.65. The average molecular weight is 365 g/mol. The van der Waals surface area contributed by atoms with Crippen LogP contribution < -0.4 is 9.47 Å². The minimum Gasteiger partial charge on any atom is -0.493 e. The van der Waals surface area contributed by atoms with Crippen molar-refractivity contribution in [2.45, 2.75) is 6.54 Å². The Morgan fingerprint density at radius 2 is 1.84 bits per heavy atom. The highest BCUT2D eigenvalue weighted by molar-refractivity contribution is 6.31. The van der Waals surface area contributed by atoms with Crippen LogP contribution in [0.25, 0.3) is 0 Å². The first-order chi connectivity index (χ1) is 11.9. The summed E-state index contributed by atoms with van der Waals surface area (Å²) in [7, 11) is 4.62. The minimum atomic E-state index is -0.622. The normalized spacial score (nSPS) is 10.2. The van der Waals surface area contributed by atoms with Gasteiger partial charge in [0.25, 0.3) is 11.6 Å². The van der Waals surface area contributed by atoms with Gasteiger partial charge in [0.2, 0.25) is 0 Å². The molecule has 0 aliphatic heterocycles. The van der Waals surface area contributed by atoms with Gasteiger partial charge in [-0.1, -0.05) is 17.7 Å². The number of rotatable bonds is 6. The van der Waals surface area contributed by atoms with Crippen molar-refractivity contribution in [3.05, 3.63) is 62.7 Å². The van der Waals surface area contributed by atoms with Crippen molar-refractivity contribution in [2.75, 3.05) is 21.3 Å². The van der Waals surface area contributed by atoms with Gasteiger partial charge in [0.05, 0.1) is 19.1 Å². The summed E-state index contributed by atoms with van der Waals surface area (Å²) in [6.07, 6.45) is 0. The molecule has 0 aliphatic rings. The Labute approximate surface area is 149 Å². The van der Waals surface area contributed by atoms with Gasteiger partial charge in [-0.05, 0) is 29.8 Å². The molecule has 25 heavy (non-hydrogen) atoms. The van der Waals surface area contributed by atoms with Crippen molar-refractivity contribution in [1.82, 2.24) is 4.90 Å². The lowest BCUT2D eigenvalue weighted by Gasteiger charge is -2.18. The maximum Gasteiger partial charge on any atom is 0.283 e. The first-order valence-electron chi connectivity index (χ1n) is 7.27. The second-order valence-corrected chi connectivity index (χ2v) is 5.71. The third-order valence-electron chi connectivity index (χ3n) is 3.60. The van der Waals surface area contributed by atoms with Crippen molar-refractivity contribution in [2.24, 2.45) is 0 Å². The summed E-state index contributed by atoms with van der Waals surface area (Å²) in [5.74, 6) is 0.644. The minimum absolute atomic E-state index is 0.0163. The van der Waals surface area contributed by atoms with Gasteiger partial charge in [-0.15, -0.1) is 0 Å². The molecular weight excluding hydrogens is 348 g/mol. The molecule has 0 heterocycles. The number of carbonyl (C=O) groups excluding carboxylic acids is 1. The number of amides is 1. The second-order valence-electron chi connectivity index (χ2n) is 5.27. The molecule has 132 valence electrons. The van der Waals surface area contributed by atoms with Gasteiger partial charge in [0.15, 0.2) is 11.5 Å². The Kier molecular flexibility index (Phi) is 5.82. The fourth-order valence-electron chi connectivity index (χ4n) is 2.37. The lowest BCUT2D eigenvalue weighted by atomic mass is 10.1. The van der Waals surface area contributed by atoms with E-state index in [4.69, 9.17) is 21.1 Å². The summed E-state index contributed by atoms with van der Waals surface area (Å²) in [5, 5.41) is 11.4. The van der Waals surface area contributed by atoms with Crippen LogP contribution in [0.5, 0.6) is 11.5 Å². The molecule has 0 saturated heterocycles. The fraction of sp³-hybridized carbons (Fsp3) is 0.235. The number of nitro groups is 1. The summed E-state index contributed by atoms with van der Waals surface area (Å²) in [6, 6.07) is 9.25. The molecule has 2 aromatic rings. The van der Waals surface area contributed by atoms with Crippen LogP contribution >= 0.6 is 11.6 Å². The van der Waals surface area contributed by atoms with Crippen LogP contribution in [0.3, 0.4) is 0 Å². The molecule has 8 heteroatoms. The van der Waals surface area contributed by atoms with Crippen LogP contribution in [0, 0.1) is 10.1 Å². The van der Waals surface area contributed by atoms with Gasteiger partial charge >= 0.3 is 0 Å². The van der Waals surface area contributed by atoms with Gasteiger partial charge in [-0.3, -0.25) is 14.9 Å². The molecule has 0 saturated carbocycles. The van der Waals surface area contributed by atoms with E-state index in [9.17, 15) is 14.9 Å². The highest BCUT2D eigenvalue weighted by Gasteiger charge is 2.23. The van der Waals surface area contributed by atoms with Gasteiger partial charge in [-0.2, -0.15) is 0 Å². The number of hydrogen-bond acceptors (Lipinski definition) is 5. The third kappa shape index (κ3) is 4.19. The predicted octanol–water partition coefficient (Wildman–Crippen LogP) is 3.54. The average Bonchev–Trinajstić information content (AvgIpc) is 2.60. The van der Waals surface area contributed by atoms with E-state index >= 15 is 0 Å². The van der Waals surface area contributed by atoms with E-state index in [1.807, 2.05) is 0 Å². The number of hydrogen-bond donors (Lipinski definition) is 0. The largest absolute Gasteiger partial charge is 0.493 e. The molecule has 0 atom stereocenters. The van der Waals surface area contributed by atoms with Gasteiger partial charge in [-0.25, -0.2) is 0 Å². The second kappa shape index (κ2) is 7.85. The summed E-state index contributed by atoms with van der Waals surface area (Å²) in [6.45, 7) is 0.249. The van der Waals surface area contributed by atoms with Gasteiger partial charge < -0.3 is 14.4 Å². The summed E-state index contributed by atoms with van der Waals surface area (Å²) < 4.78 is 10.4. The number of benzene rings is 2. The Balaban J connectivity index is 2.25.